The fourth-order valence-corrected chi connectivity index (χ4v) is 3.39. The molecule has 2 aromatic heterocycles. The minimum Gasteiger partial charge on any atom is -0.486 e. The van der Waals surface area contributed by atoms with Crippen molar-refractivity contribution in [1.29, 1.82) is 0 Å². The van der Waals surface area contributed by atoms with Gasteiger partial charge in [-0.25, -0.2) is 9.67 Å². The molecule has 3 heterocycles. The van der Waals surface area contributed by atoms with Gasteiger partial charge in [0.05, 0.1) is 12.6 Å². The van der Waals surface area contributed by atoms with Gasteiger partial charge in [-0.15, -0.1) is 0 Å². The van der Waals surface area contributed by atoms with E-state index in [4.69, 9.17) is 19.6 Å². The standard InChI is InChI=1S/C21H24N4O3/c1-14(2)20-17(8-9-19(26)23-20)21-22-18(13-28-16-6-4-3-5-7-16)24-25(21)15-10-11-27-12-15/h3-9,14-15H,10-13H2,1-2H3,(H,23,26). The van der Waals surface area contributed by atoms with Gasteiger partial charge in [0.1, 0.15) is 12.4 Å². The first-order chi connectivity index (χ1) is 13.6. The first-order valence-corrected chi connectivity index (χ1v) is 9.56. The van der Waals surface area contributed by atoms with Crippen LogP contribution in [0.5, 0.6) is 5.75 Å². The van der Waals surface area contributed by atoms with Crippen LogP contribution in [0, 0.1) is 0 Å². The Morgan fingerprint density at radius 3 is 2.79 bits per heavy atom. The summed E-state index contributed by atoms with van der Waals surface area (Å²) in [5.74, 6) is 2.27. The van der Waals surface area contributed by atoms with Gasteiger partial charge in [-0.3, -0.25) is 4.79 Å². The third-order valence-electron chi connectivity index (χ3n) is 4.81. The molecule has 1 fully saturated rings. The van der Waals surface area contributed by atoms with Gasteiger partial charge in [0, 0.05) is 23.9 Å². The monoisotopic (exact) mass is 380 g/mol. The molecule has 1 atom stereocenters. The number of pyridine rings is 1. The molecule has 146 valence electrons. The molecular formula is C21H24N4O3. The van der Waals surface area contributed by atoms with Gasteiger partial charge >= 0.3 is 0 Å². The highest BCUT2D eigenvalue weighted by Gasteiger charge is 2.25. The van der Waals surface area contributed by atoms with Crippen LogP contribution in [0.25, 0.3) is 11.4 Å². The van der Waals surface area contributed by atoms with Crippen molar-refractivity contribution in [3.05, 3.63) is 64.3 Å². The molecule has 0 bridgehead atoms. The maximum Gasteiger partial charge on any atom is 0.248 e. The highest BCUT2D eigenvalue weighted by Crippen LogP contribution is 2.30. The van der Waals surface area contributed by atoms with Crippen LogP contribution in [0.4, 0.5) is 0 Å². The second-order valence-electron chi connectivity index (χ2n) is 7.22. The van der Waals surface area contributed by atoms with Gasteiger partial charge in [-0.1, -0.05) is 32.0 Å². The Labute approximate surface area is 163 Å². The second kappa shape index (κ2) is 7.98. The van der Waals surface area contributed by atoms with Crippen molar-refractivity contribution in [2.24, 2.45) is 0 Å². The molecule has 1 aliphatic heterocycles. The largest absolute Gasteiger partial charge is 0.486 e. The van der Waals surface area contributed by atoms with Crippen LogP contribution in [0.2, 0.25) is 0 Å². The summed E-state index contributed by atoms with van der Waals surface area (Å²) in [4.78, 5) is 19.6. The number of aromatic amines is 1. The third kappa shape index (κ3) is 3.84. The summed E-state index contributed by atoms with van der Waals surface area (Å²) >= 11 is 0. The topological polar surface area (TPSA) is 82.0 Å². The molecule has 7 nitrogen and oxygen atoms in total. The van der Waals surface area contributed by atoms with E-state index in [1.165, 1.54) is 6.07 Å². The number of ether oxygens (including phenoxy) is 2. The Morgan fingerprint density at radius 2 is 2.07 bits per heavy atom. The molecule has 0 spiro atoms. The van der Waals surface area contributed by atoms with Crippen molar-refractivity contribution in [3.63, 3.8) is 0 Å². The molecule has 1 saturated heterocycles. The van der Waals surface area contributed by atoms with Crippen LogP contribution >= 0.6 is 0 Å². The molecule has 0 radical (unpaired) electrons. The summed E-state index contributed by atoms with van der Waals surface area (Å²) < 4.78 is 13.3. The number of H-pyrrole nitrogens is 1. The Morgan fingerprint density at radius 1 is 1.25 bits per heavy atom. The highest BCUT2D eigenvalue weighted by atomic mass is 16.5. The molecule has 7 heteroatoms. The summed E-state index contributed by atoms with van der Waals surface area (Å²) in [5.41, 5.74) is 1.63. The Hall–Kier alpha value is -2.93. The summed E-state index contributed by atoms with van der Waals surface area (Å²) in [7, 11) is 0. The normalized spacial score (nSPS) is 16.6. The van der Waals surface area contributed by atoms with Gasteiger partial charge in [0.15, 0.2) is 11.6 Å². The number of aromatic nitrogens is 4. The maximum atomic E-state index is 11.8. The SMILES string of the molecule is CC(C)c1[nH]c(=O)ccc1-c1nc(COc2ccccc2)nn1C1CCOC1. The van der Waals surface area contributed by atoms with E-state index in [2.05, 4.69) is 4.98 Å². The minimum absolute atomic E-state index is 0.115. The Kier molecular flexibility index (Phi) is 5.25. The van der Waals surface area contributed by atoms with Gasteiger partial charge in [-0.2, -0.15) is 5.10 Å². The zero-order valence-corrected chi connectivity index (χ0v) is 16.1. The van der Waals surface area contributed by atoms with E-state index in [9.17, 15) is 4.79 Å². The van der Waals surface area contributed by atoms with Crippen molar-refractivity contribution in [2.45, 2.75) is 38.8 Å². The van der Waals surface area contributed by atoms with Gasteiger partial charge in [-0.05, 0) is 30.5 Å². The molecule has 1 N–H and O–H groups in total. The quantitative estimate of drug-likeness (QED) is 0.710. The first kappa shape index (κ1) is 18.4. The zero-order chi connectivity index (χ0) is 19.5. The molecule has 0 saturated carbocycles. The van der Waals surface area contributed by atoms with Crippen molar-refractivity contribution in [3.8, 4) is 17.1 Å². The zero-order valence-electron chi connectivity index (χ0n) is 16.1. The molecule has 0 aliphatic carbocycles. The van der Waals surface area contributed by atoms with E-state index in [1.54, 1.807) is 0 Å². The van der Waals surface area contributed by atoms with E-state index in [-0.39, 0.29) is 24.1 Å². The van der Waals surface area contributed by atoms with Crippen LogP contribution in [-0.2, 0) is 11.3 Å². The van der Waals surface area contributed by atoms with Crippen molar-refractivity contribution in [1.82, 2.24) is 19.7 Å². The Bertz CT molecular complexity index is 988. The number of nitrogens with one attached hydrogen (secondary N) is 1. The van der Waals surface area contributed by atoms with Crippen LogP contribution in [-0.4, -0.2) is 33.0 Å². The predicted octanol–water partition coefficient (Wildman–Crippen LogP) is 3.30. The summed E-state index contributed by atoms with van der Waals surface area (Å²) in [5, 5.41) is 4.72. The van der Waals surface area contributed by atoms with Crippen LogP contribution in [0.1, 0.15) is 43.7 Å². The van der Waals surface area contributed by atoms with Crippen molar-refractivity contribution in [2.75, 3.05) is 13.2 Å². The number of para-hydroxylation sites is 1. The minimum atomic E-state index is -0.115. The molecule has 0 amide bonds. The predicted molar refractivity (Wildman–Crippen MR) is 105 cm³/mol. The number of benzene rings is 1. The fraction of sp³-hybridized carbons (Fsp3) is 0.381. The van der Waals surface area contributed by atoms with Gasteiger partial charge in [0.2, 0.25) is 5.56 Å². The van der Waals surface area contributed by atoms with Crippen LogP contribution in [0.3, 0.4) is 0 Å². The van der Waals surface area contributed by atoms with Crippen molar-refractivity contribution >= 4 is 0 Å². The number of rotatable bonds is 6. The second-order valence-corrected chi connectivity index (χ2v) is 7.22. The average molecular weight is 380 g/mol. The average Bonchev–Trinajstić information content (AvgIpc) is 3.37. The molecule has 1 aromatic carbocycles. The number of hydrogen-bond acceptors (Lipinski definition) is 5. The molecule has 28 heavy (non-hydrogen) atoms. The van der Waals surface area contributed by atoms with E-state index < -0.39 is 0 Å². The third-order valence-corrected chi connectivity index (χ3v) is 4.81. The first-order valence-electron chi connectivity index (χ1n) is 9.56. The van der Waals surface area contributed by atoms with Gasteiger partial charge in [0.25, 0.3) is 0 Å². The molecule has 3 aromatic rings. The lowest BCUT2D eigenvalue weighted by atomic mass is 10.0. The maximum absolute atomic E-state index is 11.8. The lowest BCUT2D eigenvalue weighted by Gasteiger charge is -2.15. The number of hydrogen-bond donors (Lipinski definition) is 1. The molecule has 4 rings (SSSR count). The lowest BCUT2D eigenvalue weighted by Crippen LogP contribution is -2.15. The summed E-state index contributed by atoms with van der Waals surface area (Å²) in [6, 6.07) is 13.1. The highest BCUT2D eigenvalue weighted by molar-refractivity contribution is 5.59. The fourth-order valence-electron chi connectivity index (χ4n) is 3.39. The van der Waals surface area contributed by atoms with E-state index in [1.807, 2.05) is 54.9 Å². The summed E-state index contributed by atoms with van der Waals surface area (Å²) in [6.45, 7) is 5.69. The van der Waals surface area contributed by atoms with E-state index in [0.29, 0.717) is 19.0 Å². The van der Waals surface area contributed by atoms with E-state index >= 15 is 0 Å². The smallest absolute Gasteiger partial charge is 0.248 e. The molecule has 1 unspecified atom stereocenters. The Balaban J connectivity index is 1.71. The molecule has 1 aliphatic rings. The summed E-state index contributed by atoms with van der Waals surface area (Å²) in [6.07, 6.45) is 0.885. The lowest BCUT2D eigenvalue weighted by molar-refractivity contribution is 0.184. The van der Waals surface area contributed by atoms with Gasteiger partial charge < -0.3 is 14.5 Å². The van der Waals surface area contributed by atoms with E-state index in [0.717, 1.165) is 29.3 Å². The van der Waals surface area contributed by atoms with Crippen LogP contribution < -0.4 is 10.3 Å². The van der Waals surface area contributed by atoms with Crippen molar-refractivity contribution < 1.29 is 9.47 Å². The molecular weight excluding hydrogens is 356 g/mol. The number of nitrogens with zero attached hydrogens (tertiary/aromatic N) is 3. The van der Waals surface area contributed by atoms with Crippen LogP contribution in [0.15, 0.2) is 47.3 Å².